The van der Waals surface area contributed by atoms with Gasteiger partial charge in [0.05, 0.1) is 16.3 Å². The zero-order valence-corrected chi connectivity index (χ0v) is 22.1. The molecule has 3 heterocycles. The Hall–Kier alpha value is -4.17. The highest BCUT2D eigenvalue weighted by Crippen LogP contribution is 2.34. The summed E-state index contributed by atoms with van der Waals surface area (Å²) in [6.45, 7) is 2.02. The van der Waals surface area contributed by atoms with E-state index in [1.807, 2.05) is 71.6 Å². The molecule has 4 aromatic rings. The first-order chi connectivity index (χ1) is 19.1. The maximum atomic E-state index is 14.0. The second kappa shape index (κ2) is 11.3. The predicted octanol–water partition coefficient (Wildman–Crippen LogP) is 6.71. The average Bonchev–Trinajstić information content (AvgIpc) is 3.57. The first kappa shape index (κ1) is 25.1. The van der Waals surface area contributed by atoms with Gasteiger partial charge in [0, 0.05) is 36.0 Å². The highest BCUT2D eigenvalue weighted by molar-refractivity contribution is 8.18. The molecule has 0 bridgehead atoms. The molecule has 0 atom stereocenters. The van der Waals surface area contributed by atoms with E-state index in [9.17, 15) is 9.18 Å². The minimum absolute atomic E-state index is 0.144. The fourth-order valence-electron chi connectivity index (χ4n) is 4.68. The Morgan fingerprint density at radius 2 is 1.67 bits per heavy atom. The molecule has 0 saturated carbocycles. The van der Waals surface area contributed by atoms with Crippen LogP contribution in [-0.4, -0.2) is 38.8 Å². The second-order valence-corrected chi connectivity index (χ2v) is 10.5. The normalized spacial score (nSPS) is 16.5. The molecule has 0 aliphatic carbocycles. The zero-order valence-electron chi connectivity index (χ0n) is 21.3. The van der Waals surface area contributed by atoms with Crippen LogP contribution in [0.1, 0.15) is 30.4 Å². The molecule has 2 aliphatic heterocycles. The van der Waals surface area contributed by atoms with E-state index in [1.54, 1.807) is 18.2 Å². The summed E-state index contributed by atoms with van der Waals surface area (Å²) in [6, 6.07) is 24.0. The molecule has 1 aromatic heterocycles. The lowest BCUT2D eigenvalue weighted by atomic mass is 10.1. The van der Waals surface area contributed by atoms with Gasteiger partial charge in [-0.2, -0.15) is 10.1 Å². The van der Waals surface area contributed by atoms with Crippen LogP contribution in [0.25, 0.3) is 23.0 Å². The highest BCUT2D eigenvalue weighted by Gasteiger charge is 2.27. The number of nitrogens with zero attached hydrogens (tertiary/aromatic N) is 4. The third-order valence-corrected chi connectivity index (χ3v) is 7.81. The number of amidine groups is 1. The first-order valence-corrected chi connectivity index (χ1v) is 13.8. The Morgan fingerprint density at radius 3 is 2.44 bits per heavy atom. The first-order valence-electron chi connectivity index (χ1n) is 13.0. The molecule has 39 heavy (non-hydrogen) atoms. The number of carbonyl (C=O) groups excluding carboxylic acids is 1. The van der Waals surface area contributed by atoms with Gasteiger partial charge in [0.1, 0.15) is 18.2 Å². The molecule has 1 saturated heterocycles. The number of thioether (sulfide) groups is 1. The largest absolute Gasteiger partial charge is 0.489 e. The Balaban J connectivity index is 1.27. The van der Waals surface area contributed by atoms with Gasteiger partial charge in [-0.25, -0.2) is 9.07 Å². The summed E-state index contributed by atoms with van der Waals surface area (Å²) in [7, 11) is 0. The summed E-state index contributed by atoms with van der Waals surface area (Å²) in [5, 5.41) is 5.67. The van der Waals surface area contributed by atoms with Crippen molar-refractivity contribution < 1.29 is 13.9 Å². The number of para-hydroxylation sites is 1. The number of hydrogen-bond acceptors (Lipinski definition) is 5. The molecule has 196 valence electrons. The molecule has 1 amide bonds. The van der Waals surface area contributed by atoms with E-state index < -0.39 is 0 Å². The molecule has 0 N–H and O–H groups in total. The molecule has 0 radical (unpaired) electrons. The van der Waals surface area contributed by atoms with E-state index in [-0.39, 0.29) is 18.3 Å². The number of carbonyl (C=O) groups is 1. The molecule has 1 fully saturated rings. The fraction of sp³-hybridized carbons (Fsp3) is 0.194. The Morgan fingerprint density at radius 1 is 0.923 bits per heavy atom. The minimum Gasteiger partial charge on any atom is -0.489 e. The van der Waals surface area contributed by atoms with Crippen LogP contribution >= 0.6 is 11.8 Å². The van der Waals surface area contributed by atoms with Gasteiger partial charge in [0.25, 0.3) is 5.91 Å². The van der Waals surface area contributed by atoms with Crippen molar-refractivity contribution >= 4 is 28.9 Å². The van der Waals surface area contributed by atoms with Gasteiger partial charge in [0.15, 0.2) is 5.17 Å². The monoisotopic (exact) mass is 538 g/mol. The molecule has 6 nitrogen and oxygen atoms in total. The van der Waals surface area contributed by atoms with Gasteiger partial charge in [-0.1, -0.05) is 36.4 Å². The average molecular weight is 539 g/mol. The number of benzene rings is 3. The number of aromatic nitrogens is 2. The maximum absolute atomic E-state index is 14.0. The standard InChI is InChI=1S/C31H27FN4O2S/c32-27-12-6-5-9-23(27)21-38-26-15-13-22(14-16-26)29-24(20-36(34-29)25-10-3-1-4-11-25)19-28-30(37)33-31(39-28)35-17-7-2-8-18-35/h1,3-6,9-16,19-20H,2,7-8,17-18,21H2/b28-19-. The molecular formula is C31H27FN4O2S. The van der Waals surface area contributed by atoms with Crippen LogP contribution < -0.4 is 4.74 Å². The third kappa shape index (κ3) is 5.66. The number of hydrogen-bond donors (Lipinski definition) is 0. The van der Waals surface area contributed by atoms with Crippen LogP contribution in [0.4, 0.5) is 4.39 Å². The van der Waals surface area contributed by atoms with Crippen molar-refractivity contribution in [2.45, 2.75) is 25.9 Å². The zero-order chi connectivity index (χ0) is 26.6. The van der Waals surface area contributed by atoms with Crippen LogP contribution in [0, 0.1) is 5.82 Å². The minimum atomic E-state index is -0.287. The van der Waals surface area contributed by atoms with E-state index in [1.165, 1.54) is 24.2 Å². The van der Waals surface area contributed by atoms with E-state index in [2.05, 4.69) is 9.89 Å². The number of amides is 1. The van der Waals surface area contributed by atoms with Crippen LogP contribution in [0.5, 0.6) is 5.75 Å². The van der Waals surface area contributed by atoms with Crippen molar-refractivity contribution in [3.05, 3.63) is 107 Å². The molecule has 6 rings (SSSR count). The maximum Gasteiger partial charge on any atom is 0.286 e. The van der Waals surface area contributed by atoms with Crippen LogP contribution in [0.2, 0.25) is 0 Å². The van der Waals surface area contributed by atoms with Crippen LogP contribution in [0.15, 0.2) is 95.0 Å². The lowest BCUT2D eigenvalue weighted by Gasteiger charge is -2.27. The van der Waals surface area contributed by atoms with Crippen molar-refractivity contribution in [1.29, 1.82) is 0 Å². The van der Waals surface area contributed by atoms with Gasteiger partial charge >= 0.3 is 0 Å². The van der Waals surface area contributed by atoms with Gasteiger partial charge in [-0.05, 0) is 79.6 Å². The summed E-state index contributed by atoms with van der Waals surface area (Å²) >= 11 is 1.44. The van der Waals surface area contributed by atoms with E-state index in [4.69, 9.17) is 9.84 Å². The molecule has 0 spiro atoms. The van der Waals surface area contributed by atoms with E-state index in [0.717, 1.165) is 53.6 Å². The van der Waals surface area contributed by atoms with Crippen LogP contribution in [0.3, 0.4) is 0 Å². The fourth-order valence-corrected chi connectivity index (χ4v) is 5.63. The Kier molecular flexibility index (Phi) is 7.27. The molecule has 3 aromatic carbocycles. The number of halogens is 1. The summed E-state index contributed by atoms with van der Waals surface area (Å²) in [5.74, 6) is 0.131. The lowest BCUT2D eigenvalue weighted by Crippen LogP contribution is -2.33. The molecule has 2 aliphatic rings. The highest BCUT2D eigenvalue weighted by atomic mass is 32.2. The number of aliphatic imine (C=N–C) groups is 1. The van der Waals surface area contributed by atoms with Gasteiger partial charge in [0.2, 0.25) is 0 Å². The number of rotatable bonds is 6. The number of likely N-dealkylation sites (tertiary alicyclic amines) is 1. The predicted molar refractivity (Wildman–Crippen MR) is 153 cm³/mol. The lowest BCUT2D eigenvalue weighted by molar-refractivity contribution is -0.113. The summed E-state index contributed by atoms with van der Waals surface area (Å²) in [5.41, 5.74) is 3.87. The van der Waals surface area contributed by atoms with E-state index in [0.29, 0.717) is 16.2 Å². The Labute approximate surface area is 230 Å². The molecule has 0 unspecified atom stereocenters. The summed E-state index contributed by atoms with van der Waals surface area (Å²) < 4.78 is 21.6. The number of piperidine rings is 1. The third-order valence-electron chi connectivity index (χ3n) is 6.77. The van der Waals surface area contributed by atoms with Gasteiger partial charge in [-0.15, -0.1) is 0 Å². The number of ether oxygens (including phenoxy) is 1. The van der Waals surface area contributed by atoms with Gasteiger partial charge < -0.3 is 9.64 Å². The Bertz CT molecular complexity index is 1540. The molecule has 8 heteroatoms. The smallest absolute Gasteiger partial charge is 0.286 e. The SMILES string of the molecule is O=C1N=C(N2CCCCC2)S/C1=C\c1cn(-c2ccccc2)nc1-c1ccc(OCc2ccccc2F)cc1. The summed E-state index contributed by atoms with van der Waals surface area (Å²) in [4.78, 5) is 20.0. The quantitative estimate of drug-likeness (QED) is 0.255. The summed E-state index contributed by atoms with van der Waals surface area (Å²) in [6.07, 6.45) is 7.30. The van der Waals surface area contributed by atoms with E-state index >= 15 is 0 Å². The van der Waals surface area contributed by atoms with Crippen molar-refractivity contribution in [3.8, 4) is 22.7 Å². The van der Waals surface area contributed by atoms with Crippen LogP contribution in [-0.2, 0) is 11.4 Å². The second-order valence-electron chi connectivity index (χ2n) is 9.48. The molecular weight excluding hydrogens is 511 g/mol. The van der Waals surface area contributed by atoms with Crippen molar-refractivity contribution in [2.24, 2.45) is 4.99 Å². The topological polar surface area (TPSA) is 59.7 Å². The van der Waals surface area contributed by atoms with Gasteiger partial charge in [-0.3, -0.25) is 4.79 Å². The van der Waals surface area contributed by atoms with Crippen molar-refractivity contribution in [2.75, 3.05) is 13.1 Å². The van der Waals surface area contributed by atoms with Crippen molar-refractivity contribution in [3.63, 3.8) is 0 Å². The van der Waals surface area contributed by atoms with Crippen molar-refractivity contribution in [1.82, 2.24) is 14.7 Å².